The maximum absolute atomic E-state index is 13.2. The van der Waals surface area contributed by atoms with E-state index in [4.69, 9.17) is 4.74 Å². The Morgan fingerprint density at radius 1 is 0.783 bits per heavy atom. The zero-order chi connectivity index (χ0) is 42.4. The highest BCUT2D eigenvalue weighted by molar-refractivity contribution is 6.24. The van der Waals surface area contributed by atoms with Crippen LogP contribution in [0.15, 0.2) is 72.9 Å². The van der Waals surface area contributed by atoms with Gasteiger partial charge in [-0.2, -0.15) is 0 Å². The summed E-state index contributed by atoms with van der Waals surface area (Å²) >= 11 is 0. The first-order chi connectivity index (χ1) is 29.2. The molecule has 0 saturated carbocycles. The first-order valence-electron chi connectivity index (χ1n) is 20.7. The molecule has 1 aromatic heterocycles. The molecule has 1 atom stereocenters. The summed E-state index contributed by atoms with van der Waals surface area (Å²) in [6, 6.07) is 18.3. The lowest BCUT2D eigenvalue weighted by atomic mass is 10.0. The van der Waals surface area contributed by atoms with Gasteiger partial charge in [0.2, 0.25) is 11.8 Å². The average Bonchev–Trinajstić information content (AvgIpc) is 3.51. The van der Waals surface area contributed by atoms with Crippen LogP contribution >= 0.6 is 0 Å². The number of nitrogens with one attached hydrogen (secondary N) is 5. The molecule has 15 nitrogen and oxygen atoms in total. The van der Waals surface area contributed by atoms with Gasteiger partial charge in [0.05, 0.1) is 27.9 Å². The van der Waals surface area contributed by atoms with E-state index in [1.165, 1.54) is 18.3 Å². The highest BCUT2D eigenvalue weighted by Gasteiger charge is 2.46. The van der Waals surface area contributed by atoms with Crippen LogP contribution in [0.25, 0.3) is 10.9 Å². The van der Waals surface area contributed by atoms with Gasteiger partial charge in [-0.3, -0.25) is 48.8 Å². The van der Waals surface area contributed by atoms with Crippen molar-refractivity contribution in [3.05, 3.63) is 95.2 Å². The standard InChI is InChI=1S/C45H51N7O8/c1-46-42(56)33-27-49-34-21-20-29(26-32(34)40(33)50-30-16-11-10-12-17-30)41(55)48-25-14-9-7-5-3-2-4-6-8-13-24-47-38(54)28-60-36-19-15-18-31-39(36)45(59)52(44(31)58)35-22-23-37(53)51-43(35)57/h10-12,15-21,26-27,35H,2-9,13-14,22-25,28H2,1H3,(H,46,56)(H,47,54)(H,48,55)(H,49,50)(H,51,53,57). The molecule has 314 valence electrons. The van der Waals surface area contributed by atoms with Gasteiger partial charge in [0.15, 0.2) is 6.61 Å². The fraction of sp³-hybridized carbons (Fsp3) is 0.378. The average molecular weight is 818 g/mol. The molecule has 2 aliphatic rings. The van der Waals surface area contributed by atoms with E-state index >= 15 is 0 Å². The van der Waals surface area contributed by atoms with Crippen LogP contribution in [0.5, 0.6) is 5.75 Å². The number of benzene rings is 3. The Labute approximate surface area is 348 Å². The monoisotopic (exact) mass is 817 g/mol. The van der Waals surface area contributed by atoms with Gasteiger partial charge in [0, 0.05) is 49.4 Å². The van der Waals surface area contributed by atoms with E-state index < -0.39 is 29.7 Å². The third kappa shape index (κ3) is 10.7. The Balaban J connectivity index is 0.810. The molecule has 4 aromatic rings. The Morgan fingerprint density at radius 3 is 2.15 bits per heavy atom. The van der Waals surface area contributed by atoms with Gasteiger partial charge in [-0.05, 0) is 61.7 Å². The first kappa shape index (κ1) is 43.0. The molecule has 3 heterocycles. The molecule has 60 heavy (non-hydrogen) atoms. The van der Waals surface area contributed by atoms with E-state index in [2.05, 4.69) is 31.6 Å². The van der Waals surface area contributed by atoms with Crippen LogP contribution in [0, 0.1) is 0 Å². The second kappa shape index (κ2) is 20.9. The van der Waals surface area contributed by atoms with Gasteiger partial charge in [0.1, 0.15) is 11.8 Å². The van der Waals surface area contributed by atoms with Crippen LogP contribution in [0.3, 0.4) is 0 Å². The van der Waals surface area contributed by atoms with Gasteiger partial charge in [0.25, 0.3) is 29.5 Å². The fourth-order valence-electron chi connectivity index (χ4n) is 7.44. The Bertz CT molecular complexity index is 2250. The van der Waals surface area contributed by atoms with Crippen LogP contribution < -0.4 is 31.3 Å². The fourth-order valence-corrected chi connectivity index (χ4v) is 7.44. The summed E-state index contributed by atoms with van der Waals surface area (Å²) in [6.07, 6.45) is 12.0. The number of ether oxygens (including phenoxy) is 1. The minimum atomic E-state index is -1.08. The Morgan fingerprint density at radius 2 is 1.47 bits per heavy atom. The second-order valence-corrected chi connectivity index (χ2v) is 14.9. The molecule has 6 rings (SSSR count). The van der Waals surface area contributed by atoms with Gasteiger partial charge in [-0.25, -0.2) is 0 Å². The van der Waals surface area contributed by atoms with E-state index in [0.29, 0.717) is 40.8 Å². The molecule has 2 aliphatic heterocycles. The van der Waals surface area contributed by atoms with Crippen molar-refractivity contribution in [2.75, 3.05) is 32.1 Å². The minimum Gasteiger partial charge on any atom is -0.483 e. The molecule has 1 fully saturated rings. The lowest BCUT2D eigenvalue weighted by molar-refractivity contribution is -0.136. The number of hydrogen-bond donors (Lipinski definition) is 5. The van der Waals surface area contributed by atoms with Gasteiger partial charge < -0.3 is 26.0 Å². The number of para-hydroxylation sites is 1. The molecule has 0 spiro atoms. The maximum atomic E-state index is 13.2. The van der Waals surface area contributed by atoms with Crippen molar-refractivity contribution in [2.45, 2.75) is 83.1 Å². The molecule has 3 aromatic carbocycles. The molecule has 5 N–H and O–H groups in total. The SMILES string of the molecule is CNC(=O)c1cnc2ccc(C(=O)NCCCCCCCCCCCCNC(=O)COc3cccc4c3C(=O)N(C3CCC(=O)NC3=O)C4=O)cc2c1Nc1ccccc1. The van der Waals surface area contributed by atoms with Gasteiger partial charge >= 0.3 is 0 Å². The lowest BCUT2D eigenvalue weighted by Crippen LogP contribution is -2.54. The highest BCUT2D eigenvalue weighted by atomic mass is 16.5. The number of rotatable bonds is 21. The number of piperidine rings is 1. The van der Waals surface area contributed by atoms with Crippen molar-refractivity contribution in [1.29, 1.82) is 0 Å². The summed E-state index contributed by atoms with van der Waals surface area (Å²) in [6.45, 7) is 0.738. The van der Waals surface area contributed by atoms with Crippen molar-refractivity contribution in [1.82, 2.24) is 31.2 Å². The third-order valence-corrected chi connectivity index (χ3v) is 10.6. The Kier molecular flexibility index (Phi) is 14.9. The number of carbonyl (C=O) groups excluding carboxylic acids is 7. The summed E-state index contributed by atoms with van der Waals surface area (Å²) < 4.78 is 5.65. The van der Waals surface area contributed by atoms with Crippen LogP contribution in [0.4, 0.5) is 11.4 Å². The zero-order valence-corrected chi connectivity index (χ0v) is 33.8. The zero-order valence-electron chi connectivity index (χ0n) is 33.8. The number of fused-ring (bicyclic) bond motifs is 2. The quantitative estimate of drug-likeness (QED) is 0.0523. The molecule has 7 amide bonds. The maximum Gasteiger partial charge on any atom is 0.266 e. The van der Waals surface area contributed by atoms with Crippen molar-refractivity contribution in [3.63, 3.8) is 0 Å². The van der Waals surface area contributed by atoms with Crippen LogP contribution in [0.1, 0.15) is 118 Å². The van der Waals surface area contributed by atoms with Gasteiger partial charge in [-0.1, -0.05) is 75.6 Å². The molecule has 15 heteroatoms. The van der Waals surface area contributed by atoms with Crippen molar-refractivity contribution in [3.8, 4) is 5.75 Å². The van der Waals surface area contributed by atoms with E-state index in [-0.39, 0.29) is 54.0 Å². The Hall–Kier alpha value is -6.64. The number of imide groups is 2. The minimum absolute atomic E-state index is 0.00688. The molecule has 1 unspecified atom stereocenters. The molecular weight excluding hydrogens is 767 g/mol. The number of pyridine rings is 1. The van der Waals surface area contributed by atoms with Gasteiger partial charge in [-0.15, -0.1) is 0 Å². The number of nitrogens with zero attached hydrogens (tertiary/aromatic N) is 2. The predicted molar refractivity (Wildman–Crippen MR) is 225 cm³/mol. The van der Waals surface area contributed by atoms with Crippen molar-refractivity contribution >= 4 is 63.6 Å². The predicted octanol–water partition coefficient (Wildman–Crippen LogP) is 5.57. The van der Waals surface area contributed by atoms with Crippen LogP contribution in [-0.2, 0) is 14.4 Å². The molecular formula is C45H51N7O8. The number of aromatic nitrogens is 1. The van der Waals surface area contributed by atoms with E-state index in [0.717, 1.165) is 74.8 Å². The summed E-state index contributed by atoms with van der Waals surface area (Å²) in [5, 5.41) is 14.7. The molecule has 0 radical (unpaired) electrons. The molecule has 0 aliphatic carbocycles. The summed E-state index contributed by atoms with van der Waals surface area (Å²) in [7, 11) is 1.57. The summed E-state index contributed by atoms with van der Waals surface area (Å²) in [5.41, 5.74) is 3.05. The third-order valence-electron chi connectivity index (χ3n) is 10.6. The number of anilines is 2. The second-order valence-electron chi connectivity index (χ2n) is 14.9. The topological polar surface area (TPSA) is 205 Å². The van der Waals surface area contributed by atoms with E-state index in [1.54, 1.807) is 31.3 Å². The van der Waals surface area contributed by atoms with E-state index in [1.807, 2.05) is 30.3 Å². The van der Waals surface area contributed by atoms with Crippen molar-refractivity contribution in [2.24, 2.45) is 0 Å². The summed E-state index contributed by atoms with van der Waals surface area (Å²) in [5.74, 6) is -3.18. The van der Waals surface area contributed by atoms with Crippen LogP contribution in [-0.4, -0.2) is 84.0 Å². The smallest absolute Gasteiger partial charge is 0.266 e. The number of amides is 7. The molecule has 1 saturated heterocycles. The molecule has 0 bridgehead atoms. The van der Waals surface area contributed by atoms with E-state index in [9.17, 15) is 33.6 Å². The highest BCUT2D eigenvalue weighted by Crippen LogP contribution is 2.34. The summed E-state index contributed by atoms with van der Waals surface area (Å²) in [4.78, 5) is 93.6. The first-order valence-corrected chi connectivity index (χ1v) is 20.7. The lowest BCUT2D eigenvalue weighted by Gasteiger charge is -2.27. The number of hydrogen-bond acceptors (Lipinski definition) is 10. The normalized spacial score (nSPS) is 14.8. The van der Waals surface area contributed by atoms with Crippen LogP contribution in [0.2, 0.25) is 0 Å². The van der Waals surface area contributed by atoms with Crippen molar-refractivity contribution < 1.29 is 38.3 Å². The number of unbranched alkanes of at least 4 members (excludes halogenated alkanes) is 9. The largest absolute Gasteiger partial charge is 0.483 e. The number of carbonyl (C=O) groups is 7.